The van der Waals surface area contributed by atoms with Crippen molar-refractivity contribution < 1.29 is 18.7 Å². The van der Waals surface area contributed by atoms with E-state index in [0.29, 0.717) is 5.56 Å². The molecule has 0 atom stereocenters. The smallest absolute Gasteiger partial charge is 0.332 e. The molecule has 0 aliphatic rings. The predicted molar refractivity (Wildman–Crippen MR) is 64.8 cm³/mol. The van der Waals surface area contributed by atoms with Gasteiger partial charge in [0, 0.05) is 13.0 Å². The van der Waals surface area contributed by atoms with Gasteiger partial charge >= 0.3 is 5.97 Å². The highest BCUT2D eigenvalue weighted by molar-refractivity contribution is 5.95. The van der Waals surface area contributed by atoms with Crippen molar-refractivity contribution in [2.24, 2.45) is 0 Å². The molecule has 1 N–H and O–H groups in total. The van der Waals surface area contributed by atoms with Crippen LogP contribution in [0, 0.1) is 5.82 Å². The topological polar surface area (TPSA) is 55.4 Å². The molecular weight excluding hydrogens is 237 g/mol. The van der Waals surface area contributed by atoms with E-state index in [0.717, 1.165) is 6.08 Å². The summed E-state index contributed by atoms with van der Waals surface area (Å²) in [5.74, 6) is -1.28. The molecule has 1 aromatic rings. The molecule has 0 radical (unpaired) electrons. The van der Waals surface area contributed by atoms with Gasteiger partial charge in [0.1, 0.15) is 5.82 Å². The van der Waals surface area contributed by atoms with Crippen LogP contribution < -0.4 is 5.32 Å². The summed E-state index contributed by atoms with van der Waals surface area (Å²) in [6, 6.07) is 5.43. The van der Waals surface area contributed by atoms with Crippen LogP contribution in [0.5, 0.6) is 0 Å². The molecular formula is C13H14FNO3. The Balaban J connectivity index is 3.01. The molecule has 0 saturated carbocycles. The molecule has 1 aromatic carbocycles. The number of nitrogens with one attached hydrogen (secondary N) is 1. The van der Waals surface area contributed by atoms with Crippen LogP contribution in [0.2, 0.25) is 0 Å². The van der Waals surface area contributed by atoms with Gasteiger partial charge in [-0.3, -0.25) is 4.79 Å². The summed E-state index contributed by atoms with van der Waals surface area (Å²) in [6.07, 6.45) is 1.16. The van der Waals surface area contributed by atoms with E-state index in [2.05, 4.69) is 5.32 Å². The van der Waals surface area contributed by atoms with Gasteiger partial charge in [0.2, 0.25) is 5.91 Å². The first kappa shape index (κ1) is 13.9. The Labute approximate surface area is 104 Å². The van der Waals surface area contributed by atoms with Crippen LogP contribution in [0.1, 0.15) is 19.4 Å². The number of carbonyl (C=O) groups is 2. The van der Waals surface area contributed by atoms with Gasteiger partial charge in [-0.25, -0.2) is 9.18 Å². The lowest BCUT2D eigenvalue weighted by Gasteiger charge is -2.08. The van der Waals surface area contributed by atoms with Gasteiger partial charge in [-0.2, -0.15) is 0 Å². The largest absolute Gasteiger partial charge is 0.463 e. The molecule has 96 valence electrons. The minimum absolute atomic E-state index is 0.242. The number of carbonyl (C=O) groups excluding carboxylic acids is 2. The Morgan fingerprint density at radius 2 is 1.94 bits per heavy atom. The Morgan fingerprint density at radius 1 is 1.33 bits per heavy atom. The van der Waals surface area contributed by atoms with Gasteiger partial charge in [-0.05, 0) is 36.8 Å². The number of ether oxygens (including phenoxy) is 1. The fourth-order valence-corrected chi connectivity index (χ4v) is 1.31. The van der Waals surface area contributed by atoms with Crippen molar-refractivity contribution >= 4 is 17.6 Å². The summed E-state index contributed by atoms with van der Waals surface area (Å²) in [5, 5.41) is 2.50. The van der Waals surface area contributed by atoms with Crippen LogP contribution in [-0.4, -0.2) is 18.5 Å². The SMILES string of the molecule is CCOC(=O)/C=C(/NC(C)=O)c1ccc(F)cc1. The first-order chi connectivity index (χ1) is 8.52. The van der Waals surface area contributed by atoms with Gasteiger partial charge in [0.25, 0.3) is 0 Å². The van der Waals surface area contributed by atoms with Gasteiger partial charge in [0.05, 0.1) is 12.3 Å². The number of amides is 1. The van der Waals surface area contributed by atoms with Crippen molar-refractivity contribution in [1.29, 1.82) is 0 Å². The maximum absolute atomic E-state index is 12.8. The van der Waals surface area contributed by atoms with Crippen LogP contribution >= 0.6 is 0 Å². The van der Waals surface area contributed by atoms with E-state index in [-0.39, 0.29) is 18.2 Å². The van der Waals surface area contributed by atoms with Gasteiger partial charge < -0.3 is 10.1 Å². The highest BCUT2D eigenvalue weighted by atomic mass is 19.1. The summed E-state index contributed by atoms with van der Waals surface area (Å²) >= 11 is 0. The molecule has 5 heteroatoms. The maximum Gasteiger partial charge on any atom is 0.332 e. The molecule has 1 rings (SSSR count). The van der Waals surface area contributed by atoms with Crippen LogP contribution in [-0.2, 0) is 14.3 Å². The zero-order valence-electron chi connectivity index (χ0n) is 10.2. The van der Waals surface area contributed by atoms with Crippen molar-refractivity contribution in [3.63, 3.8) is 0 Å². The first-order valence-electron chi connectivity index (χ1n) is 5.45. The standard InChI is InChI=1S/C13H14FNO3/c1-3-18-13(17)8-12(15-9(2)16)10-4-6-11(14)7-5-10/h4-8H,3H2,1-2H3,(H,15,16)/b12-8+. The second-order valence-electron chi connectivity index (χ2n) is 3.50. The van der Waals surface area contributed by atoms with E-state index < -0.39 is 11.8 Å². The fraction of sp³-hybridized carbons (Fsp3) is 0.231. The number of benzene rings is 1. The van der Waals surface area contributed by atoms with Crippen molar-refractivity contribution in [3.05, 3.63) is 41.7 Å². The van der Waals surface area contributed by atoms with Crippen LogP contribution in [0.25, 0.3) is 5.70 Å². The normalized spacial score (nSPS) is 10.9. The Kier molecular flexibility index (Phi) is 5.05. The number of esters is 1. The highest BCUT2D eigenvalue weighted by Crippen LogP contribution is 2.12. The van der Waals surface area contributed by atoms with E-state index in [1.165, 1.54) is 31.2 Å². The molecule has 18 heavy (non-hydrogen) atoms. The molecule has 1 amide bonds. The van der Waals surface area contributed by atoms with E-state index in [4.69, 9.17) is 4.74 Å². The Bertz CT molecular complexity index is 466. The molecule has 4 nitrogen and oxygen atoms in total. The molecule has 0 aromatic heterocycles. The number of hydrogen-bond donors (Lipinski definition) is 1. The monoisotopic (exact) mass is 251 g/mol. The minimum atomic E-state index is -0.564. The predicted octanol–water partition coefficient (Wildman–Crippen LogP) is 1.87. The third-order valence-electron chi connectivity index (χ3n) is 2.01. The van der Waals surface area contributed by atoms with Crippen molar-refractivity contribution in [3.8, 4) is 0 Å². The summed E-state index contributed by atoms with van der Waals surface area (Å²) < 4.78 is 17.6. The average molecular weight is 251 g/mol. The molecule has 0 bridgehead atoms. The molecule has 0 aliphatic carbocycles. The number of hydrogen-bond acceptors (Lipinski definition) is 3. The van der Waals surface area contributed by atoms with E-state index in [9.17, 15) is 14.0 Å². The lowest BCUT2D eigenvalue weighted by molar-refractivity contribution is -0.137. The molecule has 0 aliphatic heterocycles. The van der Waals surface area contributed by atoms with E-state index in [1.54, 1.807) is 6.92 Å². The van der Waals surface area contributed by atoms with E-state index in [1.807, 2.05) is 0 Å². The molecule has 0 saturated heterocycles. The second-order valence-corrected chi connectivity index (χ2v) is 3.50. The lowest BCUT2D eigenvalue weighted by Crippen LogP contribution is -2.19. The van der Waals surface area contributed by atoms with Crippen molar-refractivity contribution in [2.45, 2.75) is 13.8 Å². The first-order valence-corrected chi connectivity index (χ1v) is 5.45. The highest BCUT2D eigenvalue weighted by Gasteiger charge is 2.07. The lowest BCUT2D eigenvalue weighted by atomic mass is 10.1. The third kappa shape index (κ3) is 4.37. The van der Waals surface area contributed by atoms with Gasteiger partial charge in [-0.15, -0.1) is 0 Å². The molecule has 0 heterocycles. The van der Waals surface area contributed by atoms with Crippen LogP contribution in [0.15, 0.2) is 30.3 Å². The average Bonchev–Trinajstić information content (AvgIpc) is 2.28. The van der Waals surface area contributed by atoms with Crippen LogP contribution in [0.3, 0.4) is 0 Å². The maximum atomic E-state index is 12.8. The number of rotatable bonds is 4. The zero-order valence-corrected chi connectivity index (χ0v) is 10.2. The second kappa shape index (κ2) is 6.54. The van der Waals surface area contributed by atoms with Crippen LogP contribution in [0.4, 0.5) is 4.39 Å². The molecule has 0 unspecified atom stereocenters. The molecule has 0 spiro atoms. The quantitative estimate of drug-likeness (QED) is 0.656. The summed E-state index contributed by atoms with van der Waals surface area (Å²) in [7, 11) is 0. The third-order valence-corrected chi connectivity index (χ3v) is 2.01. The van der Waals surface area contributed by atoms with Gasteiger partial charge in [0.15, 0.2) is 0 Å². The summed E-state index contributed by atoms with van der Waals surface area (Å²) in [4.78, 5) is 22.4. The zero-order chi connectivity index (χ0) is 13.5. The van der Waals surface area contributed by atoms with Crippen molar-refractivity contribution in [2.75, 3.05) is 6.61 Å². The Morgan fingerprint density at radius 3 is 2.44 bits per heavy atom. The Hall–Kier alpha value is -2.17. The summed E-state index contributed by atoms with van der Waals surface area (Å²) in [6.45, 7) is 3.25. The van der Waals surface area contributed by atoms with Gasteiger partial charge in [-0.1, -0.05) is 0 Å². The van der Waals surface area contributed by atoms with E-state index >= 15 is 0 Å². The van der Waals surface area contributed by atoms with Crippen molar-refractivity contribution in [1.82, 2.24) is 5.32 Å². The number of halogens is 1. The summed E-state index contributed by atoms with van der Waals surface area (Å²) in [5.41, 5.74) is 0.806. The fourth-order valence-electron chi connectivity index (χ4n) is 1.31. The minimum Gasteiger partial charge on any atom is -0.463 e. The molecule has 0 fully saturated rings.